The van der Waals surface area contributed by atoms with Crippen molar-refractivity contribution < 1.29 is 4.79 Å². The van der Waals surface area contributed by atoms with Gasteiger partial charge >= 0.3 is 0 Å². The van der Waals surface area contributed by atoms with Gasteiger partial charge in [-0.3, -0.25) is 4.79 Å². The van der Waals surface area contributed by atoms with Crippen molar-refractivity contribution in [3.05, 3.63) is 107 Å². The minimum Gasteiger partial charge on any atom is -0.335 e. The molecular formula is C34H43N3O. The number of carbonyl (C=O) groups is 1. The number of amides is 1. The van der Waals surface area contributed by atoms with Crippen LogP contribution in [0.3, 0.4) is 0 Å². The maximum Gasteiger partial charge on any atom is 0.254 e. The Labute approximate surface area is 229 Å². The van der Waals surface area contributed by atoms with Crippen LogP contribution in [0.25, 0.3) is 0 Å². The Morgan fingerprint density at radius 1 is 0.816 bits per heavy atom. The number of hydrogen-bond donors (Lipinski definition) is 1. The van der Waals surface area contributed by atoms with E-state index in [-0.39, 0.29) is 11.9 Å². The molecule has 2 aliphatic heterocycles. The molecule has 0 aromatic heterocycles. The zero-order valence-electron chi connectivity index (χ0n) is 23.1. The summed E-state index contributed by atoms with van der Waals surface area (Å²) in [6.07, 6.45) is 6.55. The Morgan fingerprint density at radius 2 is 1.45 bits per heavy atom. The van der Waals surface area contributed by atoms with Crippen LogP contribution < -0.4 is 5.32 Å². The second kappa shape index (κ2) is 12.7. The Kier molecular flexibility index (Phi) is 8.93. The van der Waals surface area contributed by atoms with E-state index in [4.69, 9.17) is 0 Å². The van der Waals surface area contributed by atoms with Gasteiger partial charge in [-0.1, -0.05) is 77.9 Å². The number of aryl methyl sites for hydroxylation is 2. The zero-order chi connectivity index (χ0) is 26.3. The largest absolute Gasteiger partial charge is 0.335 e. The molecule has 0 aliphatic carbocycles. The maximum absolute atomic E-state index is 13.7. The van der Waals surface area contributed by atoms with Gasteiger partial charge in [0, 0.05) is 30.2 Å². The molecule has 0 saturated carbocycles. The number of nitrogens with zero attached hydrogens (tertiary/aromatic N) is 2. The summed E-state index contributed by atoms with van der Waals surface area (Å²) in [5, 5.41) is 3.80. The maximum atomic E-state index is 13.7. The molecule has 38 heavy (non-hydrogen) atoms. The number of likely N-dealkylation sites (tertiary alicyclic amines) is 2. The first-order valence-corrected chi connectivity index (χ1v) is 14.5. The lowest BCUT2D eigenvalue weighted by Crippen LogP contribution is -2.55. The molecule has 2 fully saturated rings. The number of benzene rings is 3. The van der Waals surface area contributed by atoms with E-state index in [1.165, 1.54) is 24.0 Å². The lowest BCUT2D eigenvalue weighted by molar-refractivity contribution is 0.0373. The first kappa shape index (κ1) is 26.6. The van der Waals surface area contributed by atoms with Gasteiger partial charge in [-0.2, -0.15) is 0 Å². The van der Waals surface area contributed by atoms with Crippen LogP contribution in [0.5, 0.6) is 0 Å². The minimum atomic E-state index is 0.192. The number of carbonyl (C=O) groups excluding carboxylic acids is 1. The van der Waals surface area contributed by atoms with E-state index in [1.54, 1.807) is 0 Å². The third kappa shape index (κ3) is 6.92. The third-order valence-corrected chi connectivity index (χ3v) is 8.47. The zero-order valence-corrected chi connectivity index (χ0v) is 23.1. The predicted octanol–water partition coefficient (Wildman–Crippen LogP) is 5.82. The summed E-state index contributed by atoms with van der Waals surface area (Å²) in [7, 11) is 0. The molecule has 2 saturated heterocycles. The number of piperidine rings is 2. The molecule has 0 radical (unpaired) electrons. The van der Waals surface area contributed by atoms with Crippen LogP contribution in [0.15, 0.2) is 78.9 Å². The first-order valence-electron chi connectivity index (χ1n) is 14.5. The van der Waals surface area contributed by atoms with Gasteiger partial charge in [0.15, 0.2) is 0 Å². The third-order valence-electron chi connectivity index (χ3n) is 8.47. The van der Waals surface area contributed by atoms with Gasteiger partial charge in [0.2, 0.25) is 0 Å². The van der Waals surface area contributed by atoms with Crippen molar-refractivity contribution in [1.29, 1.82) is 0 Å². The monoisotopic (exact) mass is 509 g/mol. The highest BCUT2D eigenvalue weighted by molar-refractivity contribution is 5.95. The van der Waals surface area contributed by atoms with E-state index in [0.29, 0.717) is 12.1 Å². The lowest BCUT2D eigenvalue weighted by Gasteiger charge is -2.45. The Bertz CT molecular complexity index is 1150. The molecule has 2 aliphatic rings. The number of rotatable bonds is 8. The van der Waals surface area contributed by atoms with Crippen LogP contribution in [0.4, 0.5) is 0 Å². The summed E-state index contributed by atoms with van der Waals surface area (Å²) in [4.78, 5) is 18.6. The summed E-state index contributed by atoms with van der Waals surface area (Å²) in [6.45, 7) is 8.35. The quantitative estimate of drug-likeness (QED) is 0.416. The fourth-order valence-electron chi connectivity index (χ4n) is 6.51. The van der Waals surface area contributed by atoms with Crippen molar-refractivity contribution in [2.45, 2.75) is 70.5 Å². The lowest BCUT2D eigenvalue weighted by atomic mass is 9.89. The summed E-state index contributed by atoms with van der Waals surface area (Å²) in [5.41, 5.74) is 5.87. The molecule has 4 nitrogen and oxygen atoms in total. The van der Waals surface area contributed by atoms with E-state index in [1.807, 2.05) is 0 Å². The molecule has 200 valence electrons. The van der Waals surface area contributed by atoms with Crippen molar-refractivity contribution in [2.75, 3.05) is 26.2 Å². The van der Waals surface area contributed by atoms with Crippen LogP contribution in [0.1, 0.15) is 58.3 Å². The van der Waals surface area contributed by atoms with Crippen LogP contribution in [-0.2, 0) is 12.8 Å². The second-order valence-electron chi connectivity index (χ2n) is 11.4. The molecule has 5 rings (SSSR count). The predicted molar refractivity (Wildman–Crippen MR) is 157 cm³/mol. The summed E-state index contributed by atoms with van der Waals surface area (Å²) in [6, 6.07) is 29.1. The smallest absolute Gasteiger partial charge is 0.254 e. The number of nitrogens with one attached hydrogen (secondary N) is 1. The molecule has 3 aromatic rings. The summed E-state index contributed by atoms with van der Waals surface area (Å²) >= 11 is 0. The molecule has 2 atom stereocenters. The van der Waals surface area contributed by atoms with Gasteiger partial charge in [-0.25, -0.2) is 0 Å². The average Bonchev–Trinajstić information content (AvgIpc) is 2.94. The van der Waals surface area contributed by atoms with Gasteiger partial charge < -0.3 is 15.1 Å². The fraction of sp³-hybridized carbons (Fsp3) is 0.441. The Balaban J connectivity index is 1.20. The highest BCUT2D eigenvalue weighted by Crippen LogP contribution is 2.28. The summed E-state index contributed by atoms with van der Waals surface area (Å²) < 4.78 is 0. The normalized spacial score (nSPS) is 20.9. The fourth-order valence-corrected chi connectivity index (χ4v) is 6.51. The minimum absolute atomic E-state index is 0.192. The van der Waals surface area contributed by atoms with Crippen LogP contribution in [0, 0.1) is 13.8 Å². The molecule has 3 aromatic carbocycles. The van der Waals surface area contributed by atoms with Gasteiger partial charge in [-0.05, 0) is 95.3 Å². The van der Waals surface area contributed by atoms with E-state index < -0.39 is 0 Å². The molecule has 0 bridgehead atoms. The molecule has 1 amide bonds. The van der Waals surface area contributed by atoms with Gasteiger partial charge in [0.05, 0.1) is 0 Å². The van der Waals surface area contributed by atoms with E-state index in [9.17, 15) is 4.79 Å². The second-order valence-corrected chi connectivity index (χ2v) is 11.4. The first-order chi connectivity index (χ1) is 18.5. The van der Waals surface area contributed by atoms with Crippen molar-refractivity contribution in [3.8, 4) is 0 Å². The van der Waals surface area contributed by atoms with E-state index >= 15 is 0 Å². The van der Waals surface area contributed by atoms with E-state index in [0.717, 1.165) is 68.6 Å². The highest BCUT2D eigenvalue weighted by atomic mass is 16.2. The van der Waals surface area contributed by atoms with Gasteiger partial charge in [0.25, 0.3) is 5.91 Å². The molecule has 0 spiro atoms. The van der Waals surface area contributed by atoms with Crippen molar-refractivity contribution in [1.82, 2.24) is 15.1 Å². The van der Waals surface area contributed by atoms with Crippen LogP contribution >= 0.6 is 0 Å². The van der Waals surface area contributed by atoms with Crippen molar-refractivity contribution in [3.63, 3.8) is 0 Å². The van der Waals surface area contributed by atoms with Crippen LogP contribution in [0.2, 0.25) is 0 Å². The SMILES string of the molecule is Cc1cc(C)cc(C(=O)N2CCC(N3CCC(NCCc4ccccc4)CC3)CC2Cc2ccccc2)c1. The van der Waals surface area contributed by atoms with Gasteiger partial charge in [0.1, 0.15) is 0 Å². The van der Waals surface area contributed by atoms with Crippen molar-refractivity contribution >= 4 is 5.91 Å². The average molecular weight is 510 g/mol. The molecule has 4 heteroatoms. The highest BCUT2D eigenvalue weighted by Gasteiger charge is 2.35. The molecule has 1 N–H and O–H groups in total. The molecule has 2 heterocycles. The Hall–Kier alpha value is -2.95. The molecule has 2 unspecified atom stereocenters. The van der Waals surface area contributed by atoms with Crippen LogP contribution in [-0.4, -0.2) is 60.0 Å². The summed E-state index contributed by atoms with van der Waals surface area (Å²) in [5.74, 6) is 0.192. The number of hydrogen-bond acceptors (Lipinski definition) is 3. The Morgan fingerprint density at radius 3 is 2.11 bits per heavy atom. The topological polar surface area (TPSA) is 35.6 Å². The standard InChI is InChI=1S/C34H43N3O/c1-26-21-27(2)23-30(22-26)34(38)37-20-16-32(25-33(37)24-29-11-7-4-8-12-29)36-18-14-31(15-19-36)35-17-13-28-9-5-3-6-10-28/h3-12,21-23,31-33,35H,13-20,24-25H2,1-2H3. The molecular weight excluding hydrogens is 466 g/mol. The van der Waals surface area contributed by atoms with E-state index in [2.05, 4.69) is 108 Å². The van der Waals surface area contributed by atoms with Gasteiger partial charge in [-0.15, -0.1) is 0 Å². The van der Waals surface area contributed by atoms with Crippen molar-refractivity contribution in [2.24, 2.45) is 0 Å².